The van der Waals surface area contributed by atoms with E-state index in [9.17, 15) is 24.3 Å². The topological polar surface area (TPSA) is 126 Å². The van der Waals surface area contributed by atoms with Crippen LogP contribution in [0.1, 0.15) is 22.8 Å². The number of benzene rings is 1. The summed E-state index contributed by atoms with van der Waals surface area (Å²) in [5.74, 6) is -1.93. The average Bonchev–Trinajstić information content (AvgIpc) is 3.54. The highest BCUT2D eigenvalue weighted by molar-refractivity contribution is 8.00. The average molecular weight is 503 g/mol. The summed E-state index contributed by atoms with van der Waals surface area (Å²) in [7, 11) is 3.14. The molecule has 0 unspecified atom stereocenters. The number of amides is 2. The molecule has 0 spiro atoms. The maximum Gasteiger partial charge on any atom is 0.323 e. The molecule has 3 fully saturated rings. The zero-order chi connectivity index (χ0) is 23.9. The van der Waals surface area contributed by atoms with Crippen molar-refractivity contribution in [2.75, 3.05) is 20.8 Å². The molecule has 4 aliphatic rings. The molecule has 9 nitrogen and oxygen atoms in total. The summed E-state index contributed by atoms with van der Waals surface area (Å²) < 4.78 is 10.9. The molecule has 0 radical (unpaired) electrons. The number of carboxylic acids is 1. The molecule has 2 saturated carbocycles. The van der Waals surface area contributed by atoms with Crippen LogP contribution in [0.2, 0.25) is 0 Å². The number of nitrogens with one attached hydrogen (secondary N) is 1. The number of fused-ring (bicyclic) bond motifs is 9. The zero-order valence-electron chi connectivity index (χ0n) is 18.3. The van der Waals surface area contributed by atoms with Crippen molar-refractivity contribution in [2.45, 2.75) is 22.6 Å². The van der Waals surface area contributed by atoms with Gasteiger partial charge in [0.15, 0.2) is 11.5 Å². The van der Waals surface area contributed by atoms with Crippen LogP contribution in [0.15, 0.2) is 28.0 Å². The van der Waals surface area contributed by atoms with E-state index in [4.69, 9.17) is 9.47 Å². The predicted molar refractivity (Wildman–Crippen MR) is 122 cm³/mol. The summed E-state index contributed by atoms with van der Waals surface area (Å²) in [6, 6.07) is 5.73. The highest BCUT2D eigenvalue weighted by Gasteiger charge is 2.69. The third kappa shape index (κ3) is 2.86. The number of ether oxygens (including phenoxy) is 2. The number of likely N-dealkylation sites (tertiary alicyclic amines) is 1. The van der Waals surface area contributed by atoms with Crippen LogP contribution in [-0.2, 0) is 14.4 Å². The Hall–Kier alpha value is -2.79. The smallest absolute Gasteiger partial charge is 0.323 e. The Balaban J connectivity index is 1.46. The van der Waals surface area contributed by atoms with Crippen molar-refractivity contribution < 1.29 is 29.0 Å². The number of nitrogens with zero attached hydrogens (tertiary/aromatic N) is 1. The second-order valence-corrected chi connectivity index (χ2v) is 11.4. The van der Waals surface area contributed by atoms with E-state index in [1.54, 1.807) is 26.0 Å². The SMILES string of the molecule is COc1ccc([C@@H]2c3sc(=O)[nH]c3S[C@H]3[C@@H]4C[C@H]([C@H]5C(=O)N(CC(=O)O)C(=O)[C@H]45)[C@H]23)cc1OC. The lowest BCUT2D eigenvalue weighted by atomic mass is 9.68. The van der Waals surface area contributed by atoms with Crippen LogP contribution in [0, 0.1) is 29.6 Å². The van der Waals surface area contributed by atoms with Gasteiger partial charge in [0.25, 0.3) is 0 Å². The monoisotopic (exact) mass is 502 g/mol. The Morgan fingerprint density at radius 2 is 1.82 bits per heavy atom. The number of thioether (sulfide) groups is 1. The Labute approximate surface area is 202 Å². The lowest BCUT2D eigenvalue weighted by molar-refractivity contribution is -0.149. The molecule has 2 aliphatic carbocycles. The van der Waals surface area contributed by atoms with Gasteiger partial charge in [0.05, 0.1) is 31.1 Å². The molecule has 1 saturated heterocycles. The fourth-order valence-electron chi connectivity index (χ4n) is 6.79. The van der Waals surface area contributed by atoms with E-state index in [1.165, 1.54) is 11.3 Å². The number of hydrogen-bond donors (Lipinski definition) is 2. The maximum absolute atomic E-state index is 13.2. The minimum atomic E-state index is -1.19. The van der Waals surface area contributed by atoms with Gasteiger partial charge in [-0.1, -0.05) is 17.4 Å². The number of carboxylic acid groups (broad SMARTS) is 1. The van der Waals surface area contributed by atoms with E-state index >= 15 is 0 Å². The van der Waals surface area contributed by atoms with Crippen molar-refractivity contribution in [2.24, 2.45) is 29.6 Å². The molecule has 34 heavy (non-hydrogen) atoms. The first-order chi connectivity index (χ1) is 16.3. The number of aromatic amines is 1. The van der Waals surface area contributed by atoms with Gasteiger partial charge in [-0.05, 0) is 41.9 Å². The standard InChI is InChI=1S/C23H22N2O7S2/c1-31-11-4-3-8(5-12(11)32-2)14-15-9-6-10(18(15)33-20-19(14)34-23(30)24-20)17-16(9)21(28)25(22(17)29)7-13(26)27/h3-5,9-10,14-18H,6-7H2,1-2H3,(H,24,30)(H,26,27)/t9-,10+,14-,15+,16+,17+,18-/m0/s1. The maximum atomic E-state index is 13.2. The molecule has 2 N–H and O–H groups in total. The first-order valence-corrected chi connectivity index (χ1v) is 12.7. The van der Waals surface area contributed by atoms with E-state index in [0.29, 0.717) is 11.5 Å². The van der Waals surface area contributed by atoms with Gasteiger partial charge in [-0.3, -0.25) is 24.1 Å². The second kappa shape index (κ2) is 7.61. The molecule has 11 heteroatoms. The summed E-state index contributed by atoms with van der Waals surface area (Å²) in [6.45, 7) is -0.591. The number of methoxy groups -OCH3 is 2. The molecular formula is C23H22N2O7S2. The Bertz CT molecular complexity index is 1290. The molecule has 3 heterocycles. The van der Waals surface area contributed by atoms with Crippen molar-refractivity contribution in [1.82, 2.24) is 9.88 Å². The Kier molecular flexibility index (Phi) is 4.86. The number of hydrogen-bond acceptors (Lipinski definition) is 8. The van der Waals surface area contributed by atoms with Crippen molar-refractivity contribution in [3.63, 3.8) is 0 Å². The van der Waals surface area contributed by atoms with Gasteiger partial charge in [-0.2, -0.15) is 0 Å². The van der Waals surface area contributed by atoms with Crippen LogP contribution in [0.5, 0.6) is 11.5 Å². The van der Waals surface area contributed by atoms with Crippen LogP contribution in [0.4, 0.5) is 0 Å². The molecule has 1 aromatic heterocycles. The van der Waals surface area contributed by atoms with E-state index in [2.05, 4.69) is 4.98 Å². The van der Waals surface area contributed by atoms with Crippen molar-refractivity contribution in [3.8, 4) is 11.5 Å². The molecule has 6 rings (SSSR count). The van der Waals surface area contributed by atoms with Gasteiger partial charge >= 0.3 is 10.8 Å². The van der Waals surface area contributed by atoms with Gasteiger partial charge in [0.1, 0.15) is 6.54 Å². The van der Waals surface area contributed by atoms with Crippen molar-refractivity contribution in [1.29, 1.82) is 0 Å². The third-order valence-corrected chi connectivity index (χ3v) is 10.5. The van der Waals surface area contributed by atoms with Crippen LogP contribution in [-0.4, -0.2) is 58.8 Å². The summed E-state index contributed by atoms with van der Waals surface area (Å²) in [5.41, 5.74) is 0.965. The van der Waals surface area contributed by atoms with E-state index < -0.39 is 24.3 Å². The van der Waals surface area contributed by atoms with Gasteiger partial charge in [0.2, 0.25) is 11.8 Å². The molecule has 2 amide bonds. The van der Waals surface area contributed by atoms with Crippen LogP contribution < -0.4 is 14.3 Å². The summed E-state index contributed by atoms with van der Waals surface area (Å²) in [5, 5.41) is 10.1. The summed E-state index contributed by atoms with van der Waals surface area (Å²) in [4.78, 5) is 54.6. The number of carbonyl (C=O) groups is 3. The minimum Gasteiger partial charge on any atom is -0.493 e. The van der Waals surface area contributed by atoms with Crippen molar-refractivity contribution in [3.05, 3.63) is 38.3 Å². The Morgan fingerprint density at radius 3 is 2.50 bits per heavy atom. The third-order valence-electron chi connectivity index (χ3n) is 7.88. The number of carbonyl (C=O) groups excluding carboxylic acids is 2. The number of imide groups is 1. The number of rotatable bonds is 5. The number of aliphatic carboxylic acids is 1. The van der Waals surface area contributed by atoms with E-state index in [1.807, 2.05) is 18.2 Å². The quantitative estimate of drug-likeness (QED) is 0.595. The summed E-state index contributed by atoms with van der Waals surface area (Å²) in [6.07, 6.45) is 0.749. The van der Waals surface area contributed by atoms with Gasteiger partial charge < -0.3 is 19.6 Å². The molecule has 7 atom stereocenters. The van der Waals surface area contributed by atoms with Crippen LogP contribution in [0.3, 0.4) is 0 Å². The molecule has 2 aromatic rings. The normalized spacial score (nSPS) is 33.0. The van der Waals surface area contributed by atoms with Gasteiger partial charge in [0, 0.05) is 16.0 Å². The molecule has 178 valence electrons. The summed E-state index contributed by atoms with van der Waals surface area (Å²) >= 11 is 2.78. The second-order valence-electron chi connectivity index (χ2n) is 9.23. The molecule has 1 aromatic carbocycles. The fourth-order valence-corrected chi connectivity index (χ4v) is 9.68. The lowest BCUT2D eigenvalue weighted by Crippen LogP contribution is -2.42. The van der Waals surface area contributed by atoms with E-state index in [0.717, 1.165) is 26.8 Å². The Morgan fingerprint density at radius 1 is 1.12 bits per heavy atom. The number of thiazole rings is 1. The number of aromatic nitrogens is 1. The molecular weight excluding hydrogens is 480 g/mol. The predicted octanol–water partition coefficient (Wildman–Crippen LogP) is 2.01. The first kappa shape index (κ1) is 21.7. The highest BCUT2D eigenvalue weighted by Crippen LogP contribution is 2.68. The highest BCUT2D eigenvalue weighted by atomic mass is 32.2. The fraction of sp³-hybridized carbons (Fsp3) is 0.478. The van der Waals surface area contributed by atoms with E-state index in [-0.39, 0.29) is 45.6 Å². The van der Waals surface area contributed by atoms with Crippen LogP contribution in [0.25, 0.3) is 0 Å². The van der Waals surface area contributed by atoms with Crippen LogP contribution >= 0.6 is 23.1 Å². The molecule has 2 aliphatic heterocycles. The largest absolute Gasteiger partial charge is 0.493 e. The minimum absolute atomic E-state index is 0.0369. The number of H-pyrrole nitrogens is 1. The van der Waals surface area contributed by atoms with Gasteiger partial charge in [-0.25, -0.2) is 0 Å². The lowest BCUT2D eigenvalue weighted by Gasteiger charge is -2.43. The van der Waals surface area contributed by atoms with Crippen molar-refractivity contribution >= 4 is 40.9 Å². The first-order valence-electron chi connectivity index (χ1n) is 11.0. The molecule has 2 bridgehead atoms. The van der Waals surface area contributed by atoms with Gasteiger partial charge in [-0.15, -0.1) is 11.8 Å². The zero-order valence-corrected chi connectivity index (χ0v) is 20.0.